The Balaban J connectivity index is 2.05. The van der Waals surface area contributed by atoms with Gasteiger partial charge in [0.25, 0.3) is 0 Å². The molecular weight excluding hydrogens is 242 g/mol. The number of ether oxygens (including phenoxy) is 1. The van der Waals surface area contributed by atoms with E-state index in [-0.39, 0.29) is 0 Å². The highest BCUT2D eigenvalue weighted by molar-refractivity contribution is 5.61. The van der Waals surface area contributed by atoms with Gasteiger partial charge in [0.05, 0.1) is 24.5 Å². The van der Waals surface area contributed by atoms with Crippen molar-refractivity contribution in [2.75, 3.05) is 17.7 Å². The third kappa shape index (κ3) is 3.19. The number of hydrogen-bond donors (Lipinski definition) is 2. The molecule has 0 fully saturated rings. The third-order valence-electron chi connectivity index (χ3n) is 2.83. The minimum atomic E-state index is 0.532. The number of aromatic nitrogens is 1. The maximum atomic E-state index is 5.82. The Kier molecular flexibility index (Phi) is 3.94. The molecule has 0 aliphatic rings. The molecule has 0 radical (unpaired) electrons. The molecule has 0 aliphatic heterocycles. The van der Waals surface area contributed by atoms with E-state index < -0.39 is 0 Å². The Hall–Kier alpha value is -2.17. The van der Waals surface area contributed by atoms with Crippen molar-refractivity contribution in [1.29, 1.82) is 0 Å². The van der Waals surface area contributed by atoms with Crippen LogP contribution in [0.4, 0.5) is 11.4 Å². The van der Waals surface area contributed by atoms with Gasteiger partial charge in [-0.2, -0.15) is 0 Å². The van der Waals surface area contributed by atoms with Crippen LogP contribution in [-0.4, -0.2) is 11.6 Å². The number of rotatable bonds is 5. The van der Waals surface area contributed by atoms with E-state index in [0.717, 1.165) is 17.1 Å². The summed E-state index contributed by atoms with van der Waals surface area (Å²) in [5.74, 6) is 2.21. The van der Waals surface area contributed by atoms with Crippen LogP contribution in [0.5, 0.6) is 5.75 Å². The summed E-state index contributed by atoms with van der Waals surface area (Å²) >= 11 is 0. The van der Waals surface area contributed by atoms with Crippen LogP contribution in [0.2, 0.25) is 0 Å². The van der Waals surface area contributed by atoms with E-state index in [1.165, 1.54) is 0 Å². The first kappa shape index (κ1) is 13.3. The molecule has 0 amide bonds. The summed E-state index contributed by atoms with van der Waals surface area (Å²) in [4.78, 5) is 4.32. The average molecular weight is 261 g/mol. The number of benzene rings is 1. The zero-order valence-corrected chi connectivity index (χ0v) is 11.5. The molecule has 0 aliphatic carbocycles. The number of nitrogens with zero attached hydrogens (tertiary/aromatic N) is 1. The lowest BCUT2D eigenvalue weighted by molar-refractivity contribution is 0.342. The van der Waals surface area contributed by atoms with Gasteiger partial charge >= 0.3 is 0 Å². The third-order valence-corrected chi connectivity index (χ3v) is 2.83. The Bertz CT molecular complexity index is 544. The second-order valence-corrected chi connectivity index (χ2v) is 4.29. The number of nitrogens with two attached hydrogens (primary N) is 1. The molecule has 19 heavy (non-hydrogen) atoms. The van der Waals surface area contributed by atoms with Crippen LogP contribution in [0.25, 0.3) is 0 Å². The van der Waals surface area contributed by atoms with Gasteiger partial charge in [-0.3, -0.25) is 0 Å². The molecule has 0 saturated carbocycles. The summed E-state index contributed by atoms with van der Waals surface area (Å²) in [5.41, 5.74) is 8.30. The predicted octanol–water partition coefficient (Wildman–Crippen LogP) is 2.88. The Morgan fingerprint density at radius 1 is 1.37 bits per heavy atom. The summed E-state index contributed by atoms with van der Waals surface area (Å²) in [7, 11) is 0. The van der Waals surface area contributed by atoms with Crippen LogP contribution in [0.1, 0.15) is 24.3 Å². The summed E-state index contributed by atoms with van der Waals surface area (Å²) in [5, 5.41) is 3.24. The zero-order chi connectivity index (χ0) is 13.8. The van der Waals surface area contributed by atoms with Crippen molar-refractivity contribution < 1.29 is 9.15 Å². The highest BCUT2D eigenvalue weighted by atomic mass is 16.5. The molecule has 102 valence electrons. The van der Waals surface area contributed by atoms with Gasteiger partial charge in [0.15, 0.2) is 0 Å². The minimum absolute atomic E-state index is 0.532. The molecule has 3 N–H and O–H groups in total. The van der Waals surface area contributed by atoms with Crippen LogP contribution in [0.3, 0.4) is 0 Å². The lowest BCUT2D eigenvalue weighted by Gasteiger charge is -2.10. The molecule has 0 atom stereocenters. The van der Waals surface area contributed by atoms with Crippen molar-refractivity contribution in [3.8, 4) is 5.75 Å². The molecule has 0 spiro atoms. The minimum Gasteiger partial charge on any atom is -0.492 e. The number of oxazole rings is 1. The van der Waals surface area contributed by atoms with Crippen molar-refractivity contribution >= 4 is 11.4 Å². The maximum absolute atomic E-state index is 5.82. The normalized spacial score (nSPS) is 10.5. The molecule has 0 saturated heterocycles. The lowest BCUT2D eigenvalue weighted by atomic mass is 10.2. The van der Waals surface area contributed by atoms with E-state index in [4.69, 9.17) is 14.9 Å². The van der Waals surface area contributed by atoms with E-state index in [0.29, 0.717) is 30.5 Å². The standard InChI is InChI=1S/C14H19N3O2/c1-4-18-13-7-11(5-6-12(13)15)16-8-14-17-9(2)10(3)19-14/h5-7,16H,4,8,15H2,1-3H3. The Morgan fingerprint density at radius 3 is 2.79 bits per heavy atom. The van der Waals surface area contributed by atoms with E-state index >= 15 is 0 Å². The van der Waals surface area contributed by atoms with Gasteiger partial charge < -0.3 is 20.2 Å². The highest BCUT2D eigenvalue weighted by Gasteiger charge is 2.06. The first-order valence-corrected chi connectivity index (χ1v) is 6.29. The average Bonchev–Trinajstić information content (AvgIpc) is 2.70. The van der Waals surface area contributed by atoms with Crippen LogP contribution >= 0.6 is 0 Å². The van der Waals surface area contributed by atoms with Crippen molar-refractivity contribution in [2.45, 2.75) is 27.3 Å². The second kappa shape index (κ2) is 5.65. The predicted molar refractivity (Wildman–Crippen MR) is 75.3 cm³/mol. The molecule has 2 rings (SSSR count). The number of nitrogens with one attached hydrogen (secondary N) is 1. The summed E-state index contributed by atoms with van der Waals surface area (Å²) in [6.07, 6.45) is 0. The zero-order valence-electron chi connectivity index (χ0n) is 11.5. The van der Waals surface area contributed by atoms with Gasteiger partial charge in [0.2, 0.25) is 5.89 Å². The van der Waals surface area contributed by atoms with Crippen molar-refractivity contribution in [3.05, 3.63) is 35.5 Å². The van der Waals surface area contributed by atoms with Crippen LogP contribution < -0.4 is 15.8 Å². The van der Waals surface area contributed by atoms with Gasteiger partial charge in [-0.1, -0.05) is 0 Å². The van der Waals surface area contributed by atoms with Crippen molar-refractivity contribution in [2.24, 2.45) is 0 Å². The molecular formula is C14H19N3O2. The van der Waals surface area contributed by atoms with Crippen molar-refractivity contribution in [1.82, 2.24) is 4.98 Å². The largest absolute Gasteiger partial charge is 0.492 e. The molecule has 5 nitrogen and oxygen atoms in total. The van der Waals surface area contributed by atoms with Gasteiger partial charge in [-0.25, -0.2) is 4.98 Å². The highest BCUT2D eigenvalue weighted by Crippen LogP contribution is 2.25. The van der Waals surface area contributed by atoms with E-state index in [9.17, 15) is 0 Å². The summed E-state index contributed by atoms with van der Waals surface area (Å²) in [6.45, 7) is 6.88. The summed E-state index contributed by atoms with van der Waals surface area (Å²) in [6, 6.07) is 5.60. The van der Waals surface area contributed by atoms with Gasteiger partial charge in [-0.15, -0.1) is 0 Å². The van der Waals surface area contributed by atoms with E-state index in [2.05, 4.69) is 10.3 Å². The summed E-state index contributed by atoms with van der Waals surface area (Å²) < 4.78 is 11.0. The SMILES string of the molecule is CCOc1cc(NCc2nc(C)c(C)o2)ccc1N. The van der Waals surface area contributed by atoms with E-state index in [1.54, 1.807) is 0 Å². The fraction of sp³-hybridized carbons (Fsp3) is 0.357. The number of nitrogen functional groups attached to an aromatic ring is 1. The number of anilines is 2. The lowest BCUT2D eigenvalue weighted by Crippen LogP contribution is -2.02. The molecule has 2 aromatic rings. The molecule has 1 aromatic heterocycles. The molecule has 5 heteroatoms. The van der Waals surface area contributed by atoms with Crippen LogP contribution in [0, 0.1) is 13.8 Å². The molecule has 1 aromatic carbocycles. The number of hydrogen-bond acceptors (Lipinski definition) is 5. The maximum Gasteiger partial charge on any atom is 0.213 e. The Labute approximate surface area is 112 Å². The van der Waals surface area contributed by atoms with Gasteiger partial charge in [0, 0.05) is 11.8 Å². The first-order valence-electron chi connectivity index (χ1n) is 6.29. The second-order valence-electron chi connectivity index (χ2n) is 4.29. The topological polar surface area (TPSA) is 73.3 Å². The van der Waals surface area contributed by atoms with Gasteiger partial charge in [0.1, 0.15) is 11.5 Å². The van der Waals surface area contributed by atoms with Gasteiger partial charge in [-0.05, 0) is 32.9 Å². The monoisotopic (exact) mass is 261 g/mol. The smallest absolute Gasteiger partial charge is 0.213 e. The Morgan fingerprint density at radius 2 is 2.16 bits per heavy atom. The molecule has 0 unspecified atom stereocenters. The molecule has 0 bridgehead atoms. The van der Waals surface area contributed by atoms with Crippen molar-refractivity contribution in [3.63, 3.8) is 0 Å². The van der Waals surface area contributed by atoms with Crippen LogP contribution in [-0.2, 0) is 6.54 Å². The first-order chi connectivity index (χ1) is 9.10. The fourth-order valence-corrected chi connectivity index (χ4v) is 1.72. The molecule has 1 heterocycles. The number of aryl methyl sites for hydroxylation is 2. The quantitative estimate of drug-likeness (QED) is 0.810. The fourth-order valence-electron chi connectivity index (χ4n) is 1.72. The van der Waals surface area contributed by atoms with Crippen LogP contribution in [0.15, 0.2) is 22.6 Å². The van der Waals surface area contributed by atoms with E-state index in [1.807, 2.05) is 39.0 Å².